The standard InChI is InChI=1S/C26H23ClFN3O/c1-16-19(27)12-13-21-23(16)30-25(29-21)26(2)14-7-15-31(26)24(32)22-18(10-6-11-20(22)28)17-8-4-3-5-9-17/h3-6,8-13H,7,14-15H2,1-2H3,(H,29,30)/t26-/m0/s1. The summed E-state index contributed by atoms with van der Waals surface area (Å²) in [6, 6.07) is 18.0. The van der Waals surface area contributed by atoms with E-state index in [9.17, 15) is 4.79 Å². The highest BCUT2D eigenvalue weighted by molar-refractivity contribution is 6.32. The van der Waals surface area contributed by atoms with E-state index in [1.165, 1.54) is 6.07 Å². The van der Waals surface area contributed by atoms with Crippen molar-refractivity contribution in [2.24, 2.45) is 0 Å². The zero-order valence-corrected chi connectivity index (χ0v) is 18.7. The highest BCUT2D eigenvalue weighted by Crippen LogP contribution is 2.41. The van der Waals surface area contributed by atoms with Crippen molar-refractivity contribution in [3.63, 3.8) is 0 Å². The van der Waals surface area contributed by atoms with Crippen LogP contribution >= 0.6 is 11.6 Å². The van der Waals surface area contributed by atoms with Gasteiger partial charge in [0.15, 0.2) is 0 Å². The van der Waals surface area contributed by atoms with Crippen LogP contribution in [0.25, 0.3) is 22.2 Å². The van der Waals surface area contributed by atoms with Crippen molar-refractivity contribution in [2.45, 2.75) is 32.2 Å². The van der Waals surface area contributed by atoms with Crippen molar-refractivity contribution in [2.75, 3.05) is 6.54 Å². The van der Waals surface area contributed by atoms with Crippen LogP contribution in [0, 0.1) is 12.7 Å². The largest absolute Gasteiger partial charge is 0.340 e. The molecular weight excluding hydrogens is 425 g/mol. The molecule has 1 aromatic heterocycles. The molecule has 1 N–H and O–H groups in total. The number of carbonyl (C=O) groups is 1. The number of nitrogens with zero attached hydrogens (tertiary/aromatic N) is 2. The average molecular weight is 448 g/mol. The van der Waals surface area contributed by atoms with Gasteiger partial charge in [-0.25, -0.2) is 9.37 Å². The van der Waals surface area contributed by atoms with E-state index in [4.69, 9.17) is 16.6 Å². The lowest BCUT2D eigenvalue weighted by molar-refractivity contribution is 0.0602. The summed E-state index contributed by atoms with van der Waals surface area (Å²) < 4.78 is 15.1. The molecule has 162 valence electrons. The van der Waals surface area contributed by atoms with Crippen LogP contribution in [0.1, 0.15) is 41.5 Å². The average Bonchev–Trinajstić information content (AvgIpc) is 3.42. The van der Waals surface area contributed by atoms with Gasteiger partial charge in [0.1, 0.15) is 11.6 Å². The Bertz CT molecular complexity index is 1330. The minimum Gasteiger partial charge on any atom is -0.340 e. The highest BCUT2D eigenvalue weighted by Gasteiger charge is 2.44. The maximum absolute atomic E-state index is 15.1. The van der Waals surface area contributed by atoms with E-state index in [1.54, 1.807) is 17.0 Å². The quantitative estimate of drug-likeness (QED) is 0.390. The predicted molar refractivity (Wildman–Crippen MR) is 125 cm³/mol. The fourth-order valence-corrected chi connectivity index (χ4v) is 4.87. The van der Waals surface area contributed by atoms with E-state index in [0.717, 1.165) is 35.0 Å². The molecule has 0 aliphatic carbocycles. The lowest BCUT2D eigenvalue weighted by Gasteiger charge is -2.34. The summed E-state index contributed by atoms with van der Waals surface area (Å²) >= 11 is 6.28. The molecule has 0 saturated carbocycles. The third-order valence-electron chi connectivity index (χ3n) is 6.55. The maximum atomic E-state index is 15.1. The molecule has 1 aliphatic heterocycles. The molecule has 1 atom stereocenters. The van der Waals surface area contributed by atoms with Crippen molar-refractivity contribution in [3.8, 4) is 11.1 Å². The zero-order chi connectivity index (χ0) is 22.5. The van der Waals surface area contributed by atoms with Gasteiger partial charge in [0.2, 0.25) is 0 Å². The fraction of sp³-hybridized carbons (Fsp3) is 0.231. The van der Waals surface area contributed by atoms with Crippen LogP contribution in [0.2, 0.25) is 5.02 Å². The lowest BCUT2D eigenvalue weighted by atomic mass is 9.94. The van der Waals surface area contributed by atoms with Crippen molar-refractivity contribution < 1.29 is 9.18 Å². The Morgan fingerprint density at radius 3 is 2.69 bits per heavy atom. The molecule has 1 amide bonds. The zero-order valence-electron chi connectivity index (χ0n) is 18.0. The van der Waals surface area contributed by atoms with Crippen LogP contribution in [0.15, 0.2) is 60.7 Å². The van der Waals surface area contributed by atoms with Gasteiger partial charge < -0.3 is 9.88 Å². The predicted octanol–water partition coefficient (Wildman–Crippen LogP) is 6.48. The topological polar surface area (TPSA) is 49.0 Å². The molecular formula is C26H23ClFN3O. The van der Waals surface area contributed by atoms with Gasteiger partial charge in [-0.15, -0.1) is 0 Å². The molecule has 2 heterocycles. The molecule has 5 rings (SSSR count). The molecule has 0 radical (unpaired) electrons. The second-order valence-electron chi connectivity index (χ2n) is 8.52. The lowest BCUT2D eigenvalue weighted by Crippen LogP contribution is -2.44. The van der Waals surface area contributed by atoms with Gasteiger partial charge in [0, 0.05) is 11.6 Å². The summed E-state index contributed by atoms with van der Waals surface area (Å²) in [5.74, 6) is -0.142. The molecule has 32 heavy (non-hydrogen) atoms. The van der Waals surface area contributed by atoms with Gasteiger partial charge in [0.25, 0.3) is 5.91 Å². The summed E-state index contributed by atoms with van der Waals surface area (Å²) in [7, 11) is 0. The van der Waals surface area contributed by atoms with Gasteiger partial charge in [0.05, 0.1) is 22.1 Å². The Morgan fingerprint density at radius 2 is 1.91 bits per heavy atom. The number of aromatic nitrogens is 2. The van der Waals surface area contributed by atoms with Crippen LogP contribution in [-0.2, 0) is 5.54 Å². The number of amides is 1. The number of halogens is 2. The first-order valence-electron chi connectivity index (χ1n) is 10.7. The van der Waals surface area contributed by atoms with Crippen LogP contribution in [0.3, 0.4) is 0 Å². The molecule has 0 unspecified atom stereocenters. The molecule has 1 aliphatic rings. The first kappa shape index (κ1) is 20.7. The summed E-state index contributed by atoms with van der Waals surface area (Å²) in [5.41, 5.74) is 3.39. The highest BCUT2D eigenvalue weighted by atomic mass is 35.5. The summed E-state index contributed by atoms with van der Waals surface area (Å²) in [6.07, 6.45) is 1.55. The van der Waals surface area contributed by atoms with Crippen LogP contribution < -0.4 is 0 Å². The van der Waals surface area contributed by atoms with Crippen LogP contribution in [0.4, 0.5) is 4.39 Å². The van der Waals surface area contributed by atoms with Gasteiger partial charge >= 0.3 is 0 Å². The summed E-state index contributed by atoms with van der Waals surface area (Å²) in [6.45, 7) is 4.46. The molecule has 3 aromatic carbocycles. The monoisotopic (exact) mass is 447 g/mol. The Kier molecular flexibility index (Phi) is 5.01. The normalized spacial score (nSPS) is 18.4. The van der Waals surface area contributed by atoms with Gasteiger partial charge in [-0.1, -0.05) is 54.1 Å². The van der Waals surface area contributed by atoms with E-state index < -0.39 is 11.4 Å². The van der Waals surface area contributed by atoms with E-state index >= 15 is 4.39 Å². The number of imidazole rings is 1. The second-order valence-corrected chi connectivity index (χ2v) is 8.92. The third-order valence-corrected chi connectivity index (χ3v) is 6.96. The number of aryl methyl sites for hydroxylation is 1. The van der Waals surface area contributed by atoms with Crippen molar-refractivity contribution >= 4 is 28.5 Å². The molecule has 0 spiro atoms. The smallest absolute Gasteiger partial charge is 0.258 e. The maximum Gasteiger partial charge on any atom is 0.258 e. The first-order valence-corrected chi connectivity index (χ1v) is 11.1. The van der Waals surface area contributed by atoms with Crippen LogP contribution in [-0.4, -0.2) is 27.3 Å². The van der Waals surface area contributed by atoms with Crippen molar-refractivity contribution in [1.82, 2.24) is 14.9 Å². The number of likely N-dealkylation sites (tertiary alicyclic amines) is 1. The Labute approximate surface area is 191 Å². The molecule has 0 bridgehead atoms. The number of H-pyrrole nitrogens is 1. The number of benzene rings is 3. The number of hydrogen-bond acceptors (Lipinski definition) is 2. The van der Waals surface area contributed by atoms with Crippen molar-refractivity contribution in [1.29, 1.82) is 0 Å². The third kappa shape index (κ3) is 3.19. The molecule has 1 saturated heterocycles. The number of aromatic amines is 1. The van der Waals surface area contributed by atoms with Crippen molar-refractivity contribution in [3.05, 3.63) is 88.5 Å². The van der Waals surface area contributed by atoms with Gasteiger partial charge in [-0.3, -0.25) is 4.79 Å². The van der Waals surface area contributed by atoms with Gasteiger partial charge in [-0.2, -0.15) is 0 Å². The first-order chi connectivity index (χ1) is 15.4. The SMILES string of the molecule is Cc1c(Cl)ccc2[nH]c([C@]3(C)CCCN3C(=O)c3c(F)cccc3-c3ccccc3)nc12. The molecule has 6 heteroatoms. The minimum atomic E-state index is -0.675. The number of rotatable bonds is 3. The Morgan fingerprint density at radius 1 is 1.12 bits per heavy atom. The summed E-state index contributed by atoms with van der Waals surface area (Å²) in [5, 5.41) is 0.652. The van der Waals surface area contributed by atoms with E-state index in [2.05, 4.69) is 4.98 Å². The molecule has 4 aromatic rings. The molecule has 4 nitrogen and oxygen atoms in total. The fourth-order valence-electron chi connectivity index (χ4n) is 4.71. The second kappa shape index (κ2) is 7.75. The summed E-state index contributed by atoms with van der Waals surface area (Å²) in [4.78, 5) is 23.8. The minimum absolute atomic E-state index is 0.0992. The van der Waals surface area contributed by atoms with Gasteiger partial charge in [-0.05, 0) is 61.6 Å². The van der Waals surface area contributed by atoms with E-state index in [1.807, 2.05) is 56.3 Å². The van der Waals surface area contributed by atoms with E-state index in [-0.39, 0.29) is 11.5 Å². The number of hydrogen-bond donors (Lipinski definition) is 1. The van der Waals surface area contributed by atoms with Crippen LogP contribution in [0.5, 0.6) is 0 Å². The Hall–Kier alpha value is -3.18. The number of carbonyl (C=O) groups excluding carboxylic acids is 1. The van der Waals surface area contributed by atoms with E-state index in [0.29, 0.717) is 23.0 Å². The number of fused-ring (bicyclic) bond motifs is 1. The molecule has 1 fully saturated rings. The number of nitrogens with one attached hydrogen (secondary N) is 1. The Balaban J connectivity index is 1.60.